The summed E-state index contributed by atoms with van der Waals surface area (Å²) in [6, 6.07) is 3.80. The van der Waals surface area contributed by atoms with Gasteiger partial charge in [0.2, 0.25) is 5.91 Å². The summed E-state index contributed by atoms with van der Waals surface area (Å²) >= 11 is 0. The fourth-order valence-corrected chi connectivity index (χ4v) is 4.31. The van der Waals surface area contributed by atoms with Crippen molar-refractivity contribution in [1.82, 2.24) is 9.80 Å². The second-order valence-electron chi connectivity index (χ2n) is 7.36. The lowest BCUT2D eigenvalue weighted by Gasteiger charge is -2.27. The Kier molecular flexibility index (Phi) is 4.13. The predicted octanol–water partition coefficient (Wildman–Crippen LogP) is 2.45. The van der Waals surface area contributed by atoms with Gasteiger partial charge in [0, 0.05) is 25.6 Å². The Morgan fingerprint density at radius 2 is 1.96 bits per heavy atom. The maximum Gasteiger partial charge on any atom is 0.257 e. The molecule has 0 radical (unpaired) electrons. The molecule has 2 heterocycles. The first kappa shape index (κ1) is 16.4. The molecule has 0 N–H and O–H groups in total. The van der Waals surface area contributed by atoms with Gasteiger partial charge in [-0.05, 0) is 25.0 Å². The van der Waals surface area contributed by atoms with Gasteiger partial charge in [0.25, 0.3) is 5.91 Å². The van der Waals surface area contributed by atoms with Crippen LogP contribution in [0.25, 0.3) is 0 Å². The molecule has 1 aliphatic carbocycles. The van der Waals surface area contributed by atoms with Gasteiger partial charge >= 0.3 is 0 Å². The van der Waals surface area contributed by atoms with Crippen molar-refractivity contribution in [3.63, 3.8) is 0 Å². The summed E-state index contributed by atoms with van der Waals surface area (Å²) in [5.41, 5.74) is 0.378. The average molecular weight is 346 g/mol. The molecule has 134 valence electrons. The highest BCUT2D eigenvalue weighted by atomic mass is 19.1. The summed E-state index contributed by atoms with van der Waals surface area (Å²) in [5.74, 6) is -0.0647. The molecule has 2 fully saturated rings. The van der Waals surface area contributed by atoms with Crippen molar-refractivity contribution < 1.29 is 18.7 Å². The van der Waals surface area contributed by atoms with Crippen LogP contribution in [0.2, 0.25) is 0 Å². The van der Waals surface area contributed by atoms with E-state index in [0.717, 1.165) is 25.7 Å². The van der Waals surface area contributed by atoms with Crippen molar-refractivity contribution in [3.8, 4) is 5.75 Å². The number of nitrogens with zero attached hydrogens (tertiary/aromatic N) is 2. The zero-order chi connectivity index (χ0) is 17.6. The molecule has 4 rings (SSSR count). The van der Waals surface area contributed by atoms with Crippen molar-refractivity contribution in [2.45, 2.75) is 44.2 Å². The van der Waals surface area contributed by atoms with Crippen LogP contribution < -0.4 is 4.74 Å². The van der Waals surface area contributed by atoms with Crippen LogP contribution in [0.3, 0.4) is 0 Å². The summed E-state index contributed by atoms with van der Waals surface area (Å²) in [6.45, 7) is 0.937. The lowest BCUT2D eigenvalue weighted by molar-refractivity contribution is -0.135. The lowest BCUT2D eigenvalue weighted by Crippen LogP contribution is -2.44. The molecule has 5 nitrogen and oxygen atoms in total. The fourth-order valence-electron chi connectivity index (χ4n) is 4.31. The van der Waals surface area contributed by atoms with E-state index in [1.807, 2.05) is 4.90 Å². The molecule has 2 unspecified atom stereocenters. The zero-order valence-corrected chi connectivity index (χ0v) is 14.4. The molecule has 2 atom stereocenters. The summed E-state index contributed by atoms with van der Waals surface area (Å²) in [4.78, 5) is 29.0. The van der Waals surface area contributed by atoms with Crippen molar-refractivity contribution in [2.24, 2.45) is 5.92 Å². The van der Waals surface area contributed by atoms with Gasteiger partial charge < -0.3 is 14.5 Å². The smallest absolute Gasteiger partial charge is 0.257 e. The predicted molar refractivity (Wildman–Crippen MR) is 89.9 cm³/mol. The number of halogens is 1. The normalized spacial score (nSPS) is 26.7. The van der Waals surface area contributed by atoms with Gasteiger partial charge in [-0.2, -0.15) is 0 Å². The topological polar surface area (TPSA) is 49.9 Å². The molecular weight excluding hydrogens is 323 g/mol. The Morgan fingerprint density at radius 3 is 2.72 bits per heavy atom. The van der Waals surface area contributed by atoms with Crippen LogP contribution in [-0.2, 0) is 4.79 Å². The summed E-state index contributed by atoms with van der Waals surface area (Å²) in [5, 5.41) is 0. The van der Waals surface area contributed by atoms with Crippen molar-refractivity contribution in [2.75, 3.05) is 20.1 Å². The Morgan fingerprint density at radius 1 is 1.20 bits per heavy atom. The fraction of sp³-hybridized carbons (Fsp3) is 0.579. The van der Waals surface area contributed by atoms with Crippen molar-refractivity contribution >= 4 is 11.8 Å². The summed E-state index contributed by atoms with van der Waals surface area (Å²) < 4.78 is 19.5. The lowest BCUT2D eigenvalue weighted by atomic mass is 9.88. The van der Waals surface area contributed by atoms with E-state index in [-0.39, 0.29) is 35.6 Å². The van der Waals surface area contributed by atoms with E-state index in [0.29, 0.717) is 18.7 Å². The van der Waals surface area contributed by atoms with E-state index in [9.17, 15) is 14.0 Å². The Balaban J connectivity index is 1.56. The molecule has 2 aliphatic heterocycles. The number of amides is 2. The van der Waals surface area contributed by atoms with Crippen molar-refractivity contribution in [3.05, 3.63) is 29.6 Å². The molecule has 3 aliphatic rings. The highest BCUT2D eigenvalue weighted by Gasteiger charge is 2.44. The molecule has 1 saturated carbocycles. The quantitative estimate of drug-likeness (QED) is 0.785. The van der Waals surface area contributed by atoms with E-state index in [1.165, 1.54) is 24.6 Å². The Labute approximate surface area is 146 Å². The maximum atomic E-state index is 13.6. The van der Waals surface area contributed by atoms with Crippen LogP contribution in [0, 0.1) is 11.7 Å². The Hall–Kier alpha value is -2.11. The van der Waals surface area contributed by atoms with Crippen LogP contribution >= 0.6 is 0 Å². The van der Waals surface area contributed by atoms with Crippen molar-refractivity contribution in [1.29, 1.82) is 0 Å². The zero-order valence-electron chi connectivity index (χ0n) is 14.4. The largest absolute Gasteiger partial charge is 0.485 e. The van der Waals surface area contributed by atoms with Gasteiger partial charge in [0.1, 0.15) is 17.7 Å². The number of carbonyl (C=O) groups is 2. The van der Waals surface area contributed by atoms with E-state index in [4.69, 9.17) is 4.74 Å². The molecular formula is C19H23FN2O3. The molecule has 2 amide bonds. The van der Waals surface area contributed by atoms with Crippen LogP contribution in [0.5, 0.6) is 5.75 Å². The van der Waals surface area contributed by atoms with Gasteiger partial charge in [-0.3, -0.25) is 9.59 Å². The van der Waals surface area contributed by atoms with Gasteiger partial charge in [-0.15, -0.1) is 0 Å². The number of benzene rings is 1. The first-order valence-electron chi connectivity index (χ1n) is 9.07. The van der Waals surface area contributed by atoms with Gasteiger partial charge in [-0.25, -0.2) is 4.39 Å². The SMILES string of the molecule is CN1C(=O)c2ccc(F)cc2OC2CN(C(=O)C3CCCCC3)CC21. The minimum absolute atomic E-state index is 0.0989. The average Bonchev–Trinajstić information content (AvgIpc) is 3.01. The van der Waals surface area contributed by atoms with E-state index >= 15 is 0 Å². The third-order valence-corrected chi connectivity index (χ3v) is 5.77. The molecule has 0 aromatic heterocycles. The first-order chi connectivity index (χ1) is 12.0. The third-order valence-electron chi connectivity index (χ3n) is 5.77. The number of rotatable bonds is 1. The second kappa shape index (κ2) is 6.32. The number of carbonyl (C=O) groups excluding carboxylic acids is 2. The maximum absolute atomic E-state index is 13.6. The minimum Gasteiger partial charge on any atom is -0.485 e. The molecule has 0 bridgehead atoms. The van der Waals surface area contributed by atoms with Crippen LogP contribution in [0.1, 0.15) is 42.5 Å². The van der Waals surface area contributed by atoms with E-state index in [1.54, 1.807) is 11.9 Å². The van der Waals surface area contributed by atoms with E-state index in [2.05, 4.69) is 0 Å². The summed E-state index contributed by atoms with van der Waals surface area (Å²) in [6.07, 6.45) is 5.02. The molecule has 25 heavy (non-hydrogen) atoms. The molecule has 1 aromatic rings. The standard InChI is InChI=1S/C19H23FN2O3/c1-21-15-10-22(18(23)12-5-3-2-4-6-12)11-17(15)25-16-9-13(20)7-8-14(16)19(21)24/h7-9,12,15,17H,2-6,10-11H2,1H3. The molecule has 1 aromatic carbocycles. The first-order valence-corrected chi connectivity index (χ1v) is 9.07. The minimum atomic E-state index is -0.430. The number of hydrogen-bond acceptors (Lipinski definition) is 3. The number of ether oxygens (including phenoxy) is 1. The number of likely N-dealkylation sites (tertiary alicyclic amines) is 1. The van der Waals surface area contributed by atoms with Gasteiger partial charge in [-0.1, -0.05) is 19.3 Å². The van der Waals surface area contributed by atoms with Crippen LogP contribution in [0.15, 0.2) is 18.2 Å². The molecule has 6 heteroatoms. The second-order valence-corrected chi connectivity index (χ2v) is 7.36. The van der Waals surface area contributed by atoms with Crippen LogP contribution in [0.4, 0.5) is 4.39 Å². The Bertz CT molecular complexity index is 702. The summed E-state index contributed by atoms with van der Waals surface area (Å²) in [7, 11) is 1.73. The highest BCUT2D eigenvalue weighted by Crippen LogP contribution is 2.33. The number of likely N-dealkylation sites (N-methyl/N-ethyl adjacent to an activating group) is 1. The number of fused-ring (bicyclic) bond motifs is 2. The third kappa shape index (κ3) is 2.87. The monoisotopic (exact) mass is 346 g/mol. The van der Waals surface area contributed by atoms with Gasteiger partial charge in [0.05, 0.1) is 18.2 Å². The van der Waals surface area contributed by atoms with Crippen LogP contribution in [-0.4, -0.2) is 53.9 Å². The van der Waals surface area contributed by atoms with E-state index < -0.39 is 5.82 Å². The molecule has 1 saturated heterocycles. The molecule has 0 spiro atoms. The van der Waals surface area contributed by atoms with Gasteiger partial charge in [0.15, 0.2) is 0 Å². The highest BCUT2D eigenvalue weighted by molar-refractivity contribution is 5.97. The number of hydrogen-bond donors (Lipinski definition) is 0.